The molecule has 1 unspecified atom stereocenters. The van der Waals surface area contributed by atoms with Crippen LogP contribution in [-0.4, -0.2) is 42.0 Å². The zero-order valence-corrected chi connectivity index (χ0v) is 10.9. The third-order valence-corrected chi connectivity index (χ3v) is 4.09. The van der Waals surface area contributed by atoms with Crippen LogP contribution in [0.2, 0.25) is 0 Å². The van der Waals surface area contributed by atoms with E-state index in [9.17, 15) is 4.79 Å². The van der Waals surface area contributed by atoms with Crippen LogP contribution in [0.1, 0.15) is 45.4 Å². The van der Waals surface area contributed by atoms with Crippen LogP contribution >= 0.6 is 0 Å². The van der Waals surface area contributed by atoms with Gasteiger partial charge < -0.3 is 16.0 Å². The van der Waals surface area contributed by atoms with Gasteiger partial charge in [0.1, 0.15) is 0 Å². The third kappa shape index (κ3) is 3.42. The van der Waals surface area contributed by atoms with Gasteiger partial charge in [0.25, 0.3) is 0 Å². The number of likely N-dealkylation sites (tertiary alicyclic amines) is 1. The molecule has 2 rings (SSSR count). The molecule has 0 aromatic heterocycles. The molecule has 4 nitrogen and oxygen atoms in total. The molecule has 1 aliphatic heterocycles. The van der Waals surface area contributed by atoms with E-state index >= 15 is 0 Å². The maximum absolute atomic E-state index is 11.6. The first-order chi connectivity index (χ1) is 8.12. The zero-order chi connectivity index (χ0) is 12.3. The Morgan fingerprint density at radius 1 is 1.47 bits per heavy atom. The minimum atomic E-state index is -0.515. The molecule has 2 fully saturated rings. The molecule has 0 aromatic rings. The third-order valence-electron chi connectivity index (χ3n) is 4.09. The van der Waals surface area contributed by atoms with Gasteiger partial charge in [-0.15, -0.1) is 0 Å². The summed E-state index contributed by atoms with van der Waals surface area (Å²) in [4.78, 5) is 14.1. The molecular weight excluding hydrogens is 214 g/mol. The molecule has 1 amide bonds. The summed E-state index contributed by atoms with van der Waals surface area (Å²) in [6.45, 7) is 5.38. The highest BCUT2D eigenvalue weighted by atomic mass is 16.2. The van der Waals surface area contributed by atoms with Crippen LogP contribution in [0.4, 0.5) is 0 Å². The molecule has 2 aliphatic rings. The van der Waals surface area contributed by atoms with Crippen LogP contribution in [0.15, 0.2) is 0 Å². The van der Waals surface area contributed by atoms with E-state index < -0.39 is 5.54 Å². The highest BCUT2D eigenvalue weighted by molar-refractivity contribution is 5.88. The van der Waals surface area contributed by atoms with E-state index in [2.05, 4.69) is 17.1 Å². The lowest BCUT2D eigenvalue weighted by atomic mass is 10.0. The van der Waals surface area contributed by atoms with Crippen molar-refractivity contribution in [2.75, 3.05) is 19.6 Å². The first kappa shape index (κ1) is 12.8. The van der Waals surface area contributed by atoms with Gasteiger partial charge >= 0.3 is 0 Å². The van der Waals surface area contributed by atoms with E-state index in [1.165, 1.54) is 25.8 Å². The number of nitrogens with zero attached hydrogens (tertiary/aromatic N) is 1. The molecule has 4 heteroatoms. The van der Waals surface area contributed by atoms with Crippen molar-refractivity contribution in [3.8, 4) is 0 Å². The largest absolute Gasteiger partial charge is 0.354 e. The smallest absolute Gasteiger partial charge is 0.240 e. The Bertz CT molecular complexity index is 276. The number of nitrogens with two attached hydrogens (primary N) is 1. The summed E-state index contributed by atoms with van der Waals surface area (Å²) in [5.41, 5.74) is 5.30. The van der Waals surface area contributed by atoms with E-state index in [1.807, 2.05) is 0 Å². The lowest BCUT2D eigenvalue weighted by Gasteiger charge is -2.33. The lowest BCUT2D eigenvalue weighted by Crippen LogP contribution is -2.44. The van der Waals surface area contributed by atoms with Gasteiger partial charge in [0, 0.05) is 19.1 Å². The van der Waals surface area contributed by atoms with Crippen LogP contribution in [0.5, 0.6) is 0 Å². The van der Waals surface area contributed by atoms with Crippen molar-refractivity contribution >= 4 is 5.91 Å². The molecule has 0 radical (unpaired) electrons. The van der Waals surface area contributed by atoms with Crippen molar-refractivity contribution in [2.45, 2.75) is 57.0 Å². The lowest BCUT2D eigenvalue weighted by molar-refractivity contribution is -0.123. The second-order valence-corrected chi connectivity index (χ2v) is 5.65. The average molecular weight is 239 g/mol. The van der Waals surface area contributed by atoms with Crippen molar-refractivity contribution in [1.82, 2.24) is 10.2 Å². The summed E-state index contributed by atoms with van der Waals surface area (Å²) < 4.78 is 0. The van der Waals surface area contributed by atoms with Gasteiger partial charge in [-0.1, -0.05) is 6.42 Å². The fourth-order valence-electron chi connectivity index (χ4n) is 2.51. The second-order valence-electron chi connectivity index (χ2n) is 5.65. The molecule has 1 saturated heterocycles. The average Bonchev–Trinajstić information content (AvgIpc) is 3.06. The van der Waals surface area contributed by atoms with Crippen LogP contribution in [0, 0.1) is 0 Å². The molecule has 1 aliphatic carbocycles. The van der Waals surface area contributed by atoms with Crippen LogP contribution in [0.25, 0.3) is 0 Å². The number of carbonyl (C=O) groups excluding carboxylic acids is 1. The molecule has 0 aromatic carbocycles. The number of hydrogen-bond donors (Lipinski definition) is 2. The molecule has 1 atom stereocenters. The topological polar surface area (TPSA) is 58.4 Å². The quantitative estimate of drug-likeness (QED) is 0.700. The second kappa shape index (κ2) is 5.36. The predicted molar refractivity (Wildman–Crippen MR) is 68.7 cm³/mol. The maximum atomic E-state index is 11.6. The minimum absolute atomic E-state index is 0.0455. The van der Waals surface area contributed by atoms with Gasteiger partial charge in [-0.3, -0.25) is 4.79 Å². The number of nitrogens with one attached hydrogen (secondary N) is 1. The monoisotopic (exact) mass is 239 g/mol. The zero-order valence-electron chi connectivity index (χ0n) is 10.9. The van der Waals surface area contributed by atoms with E-state index in [0.717, 1.165) is 32.4 Å². The summed E-state index contributed by atoms with van der Waals surface area (Å²) in [5, 5.41) is 2.95. The van der Waals surface area contributed by atoms with Gasteiger partial charge in [-0.2, -0.15) is 0 Å². The Morgan fingerprint density at radius 2 is 2.24 bits per heavy atom. The van der Waals surface area contributed by atoms with Gasteiger partial charge in [-0.25, -0.2) is 0 Å². The summed E-state index contributed by atoms with van der Waals surface area (Å²) in [6, 6.07) is 0.712. The Hall–Kier alpha value is -0.610. The van der Waals surface area contributed by atoms with E-state index in [4.69, 9.17) is 5.73 Å². The molecule has 1 saturated carbocycles. The van der Waals surface area contributed by atoms with Crippen LogP contribution in [0.3, 0.4) is 0 Å². The SMILES string of the molecule is CC1CCCCN1CCCNC(=O)C1(N)CC1. The van der Waals surface area contributed by atoms with Gasteiger partial charge in [0.2, 0.25) is 5.91 Å². The minimum Gasteiger partial charge on any atom is -0.354 e. The predicted octanol–water partition coefficient (Wildman–Crippen LogP) is 0.858. The summed E-state index contributed by atoms with van der Waals surface area (Å²) >= 11 is 0. The standard InChI is InChI=1S/C13H25N3O/c1-11-5-2-3-9-16(11)10-4-8-15-12(17)13(14)6-7-13/h11H,2-10,14H2,1H3,(H,15,17). The first-order valence-corrected chi connectivity index (χ1v) is 6.93. The van der Waals surface area contributed by atoms with Crippen molar-refractivity contribution in [3.63, 3.8) is 0 Å². The maximum Gasteiger partial charge on any atom is 0.240 e. The van der Waals surface area contributed by atoms with E-state index in [0.29, 0.717) is 6.04 Å². The van der Waals surface area contributed by atoms with Crippen molar-refractivity contribution < 1.29 is 4.79 Å². The highest BCUT2D eigenvalue weighted by Crippen LogP contribution is 2.31. The summed E-state index contributed by atoms with van der Waals surface area (Å²) in [7, 11) is 0. The van der Waals surface area contributed by atoms with Crippen molar-refractivity contribution in [3.05, 3.63) is 0 Å². The van der Waals surface area contributed by atoms with Gasteiger partial charge in [0.15, 0.2) is 0 Å². The fraction of sp³-hybridized carbons (Fsp3) is 0.923. The Morgan fingerprint density at radius 3 is 2.88 bits per heavy atom. The molecule has 1 heterocycles. The summed E-state index contributed by atoms with van der Waals surface area (Å²) in [6.07, 6.45) is 6.74. The van der Waals surface area contributed by atoms with Crippen LogP contribution < -0.4 is 11.1 Å². The van der Waals surface area contributed by atoms with Crippen molar-refractivity contribution in [1.29, 1.82) is 0 Å². The molecule has 0 spiro atoms. The van der Waals surface area contributed by atoms with Crippen molar-refractivity contribution in [2.24, 2.45) is 5.73 Å². The Kier molecular flexibility index (Phi) is 4.05. The number of amides is 1. The number of carbonyl (C=O) groups is 1. The normalized spacial score (nSPS) is 27.8. The van der Waals surface area contributed by atoms with Gasteiger partial charge in [-0.05, 0) is 45.6 Å². The Balaban J connectivity index is 1.58. The number of rotatable bonds is 5. The summed E-state index contributed by atoms with van der Waals surface area (Å²) in [5.74, 6) is 0.0455. The fourth-order valence-corrected chi connectivity index (χ4v) is 2.51. The Labute approximate surface area is 104 Å². The molecular formula is C13H25N3O. The molecule has 0 bridgehead atoms. The van der Waals surface area contributed by atoms with E-state index in [-0.39, 0.29) is 5.91 Å². The highest BCUT2D eigenvalue weighted by Gasteiger charge is 2.45. The number of hydrogen-bond acceptors (Lipinski definition) is 3. The number of piperidine rings is 1. The van der Waals surface area contributed by atoms with E-state index in [1.54, 1.807) is 0 Å². The van der Waals surface area contributed by atoms with Crippen LogP contribution in [-0.2, 0) is 4.79 Å². The molecule has 3 N–H and O–H groups in total. The van der Waals surface area contributed by atoms with Gasteiger partial charge in [0.05, 0.1) is 5.54 Å². The first-order valence-electron chi connectivity index (χ1n) is 6.93. The molecule has 98 valence electrons. The molecule has 17 heavy (non-hydrogen) atoms.